The van der Waals surface area contributed by atoms with Crippen molar-refractivity contribution in [3.05, 3.63) is 89.2 Å². The Balaban J connectivity index is 1.49. The van der Waals surface area contributed by atoms with Crippen LogP contribution >= 0.6 is 0 Å². The summed E-state index contributed by atoms with van der Waals surface area (Å²) < 4.78 is 24.8. The number of hydrogen-bond acceptors (Lipinski definition) is 6. The van der Waals surface area contributed by atoms with Crippen LogP contribution in [0.4, 0.5) is 15.8 Å². The molecule has 0 spiro atoms. The van der Waals surface area contributed by atoms with Crippen molar-refractivity contribution >= 4 is 23.2 Å². The molecule has 3 aromatic rings. The smallest absolute Gasteiger partial charge is 0.258 e. The topological polar surface area (TPSA) is 65.6 Å². The minimum absolute atomic E-state index is 0.0375. The molecule has 2 amide bonds. The Kier molecular flexibility index (Phi) is 9.71. The van der Waals surface area contributed by atoms with Crippen LogP contribution in [0.3, 0.4) is 0 Å². The van der Waals surface area contributed by atoms with Gasteiger partial charge in [0.25, 0.3) is 5.91 Å². The van der Waals surface area contributed by atoms with Crippen molar-refractivity contribution in [2.45, 2.75) is 26.4 Å². The number of carbonyl (C=O) groups is 2. The van der Waals surface area contributed by atoms with Crippen LogP contribution in [0.2, 0.25) is 0 Å². The number of morpholine rings is 1. The molecule has 1 saturated heterocycles. The number of hydrogen-bond donors (Lipinski definition) is 0. The van der Waals surface area contributed by atoms with Gasteiger partial charge in [-0.2, -0.15) is 0 Å². The lowest BCUT2D eigenvalue weighted by atomic mass is 10.1. The van der Waals surface area contributed by atoms with Gasteiger partial charge in [-0.25, -0.2) is 4.39 Å². The molecule has 222 valence electrons. The highest BCUT2D eigenvalue weighted by Gasteiger charge is 2.26. The predicted octanol–water partition coefficient (Wildman–Crippen LogP) is 4.57. The zero-order chi connectivity index (χ0) is 29.5. The summed E-state index contributed by atoms with van der Waals surface area (Å²) in [6.45, 7) is 7.74. The van der Waals surface area contributed by atoms with Crippen LogP contribution in [-0.2, 0) is 22.6 Å². The molecule has 2 heterocycles. The summed E-state index contributed by atoms with van der Waals surface area (Å²) in [6.07, 6.45) is 0.762. The molecule has 1 fully saturated rings. The number of benzene rings is 3. The molecule has 2 aliphatic heterocycles. The summed E-state index contributed by atoms with van der Waals surface area (Å²) in [5.74, 6) is 0.0842. The number of carbonyl (C=O) groups excluding carboxylic acids is 2. The molecule has 2 aliphatic rings. The van der Waals surface area contributed by atoms with Crippen LogP contribution in [0.1, 0.15) is 34.8 Å². The average Bonchev–Trinajstić information content (AvgIpc) is 3.05. The third-order valence-electron chi connectivity index (χ3n) is 7.96. The molecular weight excluding hydrogens is 535 g/mol. The number of ether oxygens (including phenoxy) is 2. The van der Waals surface area contributed by atoms with Crippen molar-refractivity contribution in [1.82, 2.24) is 9.80 Å². The Morgan fingerprint density at radius 2 is 1.67 bits per heavy atom. The fraction of sp³-hybridized carbons (Fsp3) is 0.394. The largest absolute Gasteiger partial charge is 0.496 e. The molecule has 5 rings (SSSR count). The molecule has 0 saturated carbocycles. The Bertz CT molecular complexity index is 1380. The molecule has 9 heteroatoms. The van der Waals surface area contributed by atoms with Crippen molar-refractivity contribution in [2.24, 2.45) is 0 Å². The highest BCUT2D eigenvalue weighted by atomic mass is 19.1. The first-order valence-electron chi connectivity index (χ1n) is 14.6. The second-order valence-electron chi connectivity index (χ2n) is 10.8. The lowest BCUT2D eigenvalue weighted by Crippen LogP contribution is -2.39. The Morgan fingerprint density at radius 1 is 0.905 bits per heavy atom. The van der Waals surface area contributed by atoms with Crippen LogP contribution in [-0.4, -0.2) is 81.2 Å². The summed E-state index contributed by atoms with van der Waals surface area (Å²) >= 11 is 0. The van der Waals surface area contributed by atoms with Gasteiger partial charge in [0, 0.05) is 70.7 Å². The molecule has 0 unspecified atom stereocenters. The first-order chi connectivity index (χ1) is 20.4. The van der Waals surface area contributed by atoms with Gasteiger partial charge in [0.05, 0.1) is 25.9 Å². The van der Waals surface area contributed by atoms with Crippen molar-refractivity contribution in [3.8, 4) is 5.75 Å². The quantitative estimate of drug-likeness (QED) is 0.445. The summed E-state index contributed by atoms with van der Waals surface area (Å²) in [7, 11) is 1.58. The zero-order valence-electron chi connectivity index (χ0n) is 24.4. The first-order valence-corrected chi connectivity index (χ1v) is 14.6. The van der Waals surface area contributed by atoms with E-state index in [2.05, 4.69) is 9.80 Å². The molecular formula is C33H39FN4O4. The summed E-state index contributed by atoms with van der Waals surface area (Å²) in [5, 5.41) is 0. The van der Waals surface area contributed by atoms with Crippen LogP contribution in [0.5, 0.6) is 5.75 Å². The number of halogens is 1. The maximum Gasteiger partial charge on any atom is 0.258 e. The van der Waals surface area contributed by atoms with Crippen LogP contribution in [0.15, 0.2) is 66.7 Å². The molecule has 0 bridgehead atoms. The average molecular weight is 575 g/mol. The van der Waals surface area contributed by atoms with Gasteiger partial charge in [-0.1, -0.05) is 30.3 Å². The van der Waals surface area contributed by atoms with E-state index in [4.69, 9.17) is 9.47 Å². The van der Waals surface area contributed by atoms with E-state index >= 15 is 0 Å². The lowest BCUT2D eigenvalue weighted by molar-refractivity contribution is -0.116. The summed E-state index contributed by atoms with van der Waals surface area (Å²) in [5.41, 5.74) is 4.19. The fourth-order valence-electron chi connectivity index (χ4n) is 5.70. The van der Waals surface area contributed by atoms with E-state index in [1.54, 1.807) is 31.1 Å². The number of rotatable bonds is 5. The Labute approximate surface area is 247 Å². The predicted molar refractivity (Wildman–Crippen MR) is 162 cm³/mol. The van der Waals surface area contributed by atoms with Crippen molar-refractivity contribution in [3.63, 3.8) is 0 Å². The van der Waals surface area contributed by atoms with Gasteiger partial charge >= 0.3 is 0 Å². The van der Waals surface area contributed by atoms with E-state index in [9.17, 15) is 14.0 Å². The number of amides is 2. The monoisotopic (exact) mass is 574 g/mol. The number of nitrogens with zero attached hydrogens (tertiary/aromatic N) is 4. The number of anilines is 2. The van der Waals surface area contributed by atoms with Crippen LogP contribution in [0.25, 0.3) is 0 Å². The van der Waals surface area contributed by atoms with E-state index in [1.165, 1.54) is 12.1 Å². The number of fused-ring (bicyclic) bond motifs is 1. The van der Waals surface area contributed by atoms with E-state index in [0.29, 0.717) is 57.3 Å². The van der Waals surface area contributed by atoms with E-state index in [0.717, 1.165) is 48.6 Å². The molecule has 0 radical (unpaired) electrons. The molecule has 0 aliphatic carbocycles. The first kappa shape index (κ1) is 29.5. The van der Waals surface area contributed by atoms with E-state index in [1.807, 2.05) is 47.4 Å². The van der Waals surface area contributed by atoms with Crippen LogP contribution in [0, 0.1) is 5.82 Å². The SMILES string of the molecule is COc1ccc(N2CCOCC2)cc1C(=O)N1CCN(Cc2ccc(F)cc2)CCCN(C(C)=O)c2ccccc2C1. The highest BCUT2D eigenvalue weighted by Crippen LogP contribution is 2.29. The lowest BCUT2D eigenvalue weighted by Gasteiger charge is -2.31. The molecule has 42 heavy (non-hydrogen) atoms. The van der Waals surface area contributed by atoms with Gasteiger partial charge in [-0.05, 0) is 53.9 Å². The van der Waals surface area contributed by atoms with Gasteiger partial charge in [-0.3, -0.25) is 14.5 Å². The zero-order valence-corrected chi connectivity index (χ0v) is 24.4. The van der Waals surface area contributed by atoms with Gasteiger partial charge in [0.2, 0.25) is 5.91 Å². The Hall–Kier alpha value is -3.95. The molecule has 0 aromatic heterocycles. The normalized spacial score (nSPS) is 16.9. The second kappa shape index (κ2) is 13.8. The molecule has 8 nitrogen and oxygen atoms in total. The maximum atomic E-state index is 14.4. The minimum Gasteiger partial charge on any atom is -0.496 e. The van der Waals surface area contributed by atoms with Crippen molar-refractivity contribution in [2.75, 3.05) is 69.4 Å². The number of para-hydroxylation sites is 1. The fourth-order valence-corrected chi connectivity index (χ4v) is 5.70. The van der Waals surface area contributed by atoms with Gasteiger partial charge in [0.15, 0.2) is 0 Å². The van der Waals surface area contributed by atoms with Gasteiger partial charge in [0.1, 0.15) is 11.6 Å². The Morgan fingerprint density at radius 3 is 2.40 bits per heavy atom. The van der Waals surface area contributed by atoms with Crippen LogP contribution < -0.4 is 14.5 Å². The molecule has 0 N–H and O–H groups in total. The highest BCUT2D eigenvalue weighted by molar-refractivity contribution is 5.98. The van der Waals surface area contributed by atoms with E-state index < -0.39 is 0 Å². The minimum atomic E-state index is -0.268. The van der Waals surface area contributed by atoms with Crippen molar-refractivity contribution < 1.29 is 23.5 Å². The summed E-state index contributed by atoms with van der Waals surface area (Å²) in [4.78, 5) is 35.3. The third-order valence-corrected chi connectivity index (χ3v) is 7.96. The maximum absolute atomic E-state index is 14.4. The van der Waals surface area contributed by atoms with Gasteiger partial charge in [-0.15, -0.1) is 0 Å². The van der Waals surface area contributed by atoms with Gasteiger partial charge < -0.3 is 24.2 Å². The standard InChI is InChI=1S/C33H39FN4O4/c1-25(39)38-15-5-14-35(23-26-8-10-28(34)11-9-26)16-17-37(24-27-6-3-4-7-31(27)38)33(40)30-22-29(12-13-32(30)41-2)36-18-20-42-21-19-36/h3-4,6-13,22H,5,14-21,23-24H2,1-2H3. The molecule has 0 atom stereocenters. The molecule has 3 aromatic carbocycles. The van der Waals surface area contributed by atoms with Crippen molar-refractivity contribution in [1.29, 1.82) is 0 Å². The summed E-state index contributed by atoms with van der Waals surface area (Å²) in [6, 6.07) is 20.1. The second-order valence-corrected chi connectivity index (χ2v) is 10.8. The van der Waals surface area contributed by atoms with E-state index in [-0.39, 0.29) is 17.6 Å². The number of methoxy groups -OCH3 is 1. The third kappa shape index (κ3) is 7.09.